The van der Waals surface area contributed by atoms with Gasteiger partial charge >= 0.3 is 0 Å². The molecule has 4 rings (SSSR count). The molecule has 1 aliphatic heterocycles. The van der Waals surface area contributed by atoms with Gasteiger partial charge in [-0.15, -0.1) is 11.3 Å². The van der Waals surface area contributed by atoms with Gasteiger partial charge in [-0.05, 0) is 29.3 Å². The smallest absolute Gasteiger partial charge is 0.255 e. The number of halogens is 1. The maximum absolute atomic E-state index is 13.4. The monoisotopic (exact) mass is 381 g/mol. The Morgan fingerprint density at radius 1 is 1.22 bits per heavy atom. The molecular formula is C20H16FN3O2S. The summed E-state index contributed by atoms with van der Waals surface area (Å²) in [4.78, 5) is 31.1. The third-order valence-corrected chi connectivity index (χ3v) is 5.23. The molecule has 7 heteroatoms. The maximum atomic E-state index is 13.4. The average molecular weight is 381 g/mol. The van der Waals surface area contributed by atoms with Crippen molar-refractivity contribution in [1.29, 1.82) is 0 Å². The number of amides is 2. The zero-order chi connectivity index (χ0) is 18.8. The lowest BCUT2D eigenvalue weighted by Gasteiger charge is -2.28. The van der Waals surface area contributed by atoms with Gasteiger partial charge in [-0.2, -0.15) is 0 Å². The average Bonchev–Trinajstić information content (AvgIpc) is 3.29. The number of benzene rings is 2. The van der Waals surface area contributed by atoms with Crippen LogP contribution >= 0.6 is 11.3 Å². The Bertz CT molecular complexity index is 973. The van der Waals surface area contributed by atoms with Crippen molar-refractivity contribution in [3.63, 3.8) is 0 Å². The van der Waals surface area contributed by atoms with E-state index in [1.807, 2.05) is 18.2 Å². The first-order chi connectivity index (χ1) is 13.1. The Kier molecular flexibility index (Phi) is 4.68. The lowest BCUT2D eigenvalue weighted by atomic mass is 10.0. The zero-order valence-electron chi connectivity index (χ0n) is 14.3. The first-order valence-corrected chi connectivity index (χ1v) is 9.33. The minimum Gasteiger partial charge on any atom is -0.327 e. The van der Waals surface area contributed by atoms with E-state index in [2.05, 4.69) is 10.3 Å². The van der Waals surface area contributed by atoms with Crippen molar-refractivity contribution >= 4 is 28.3 Å². The molecular weight excluding hydrogens is 365 g/mol. The molecule has 2 heterocycles. The highest BCUT2D eigenvalue weighted by Gasteiger charge is 2.34. The predicted molar refractivity (Wildman–Crippen MR) is 101 cm³/mol. The molecule has 1 aliphatic rings. The standard InChI is InChI=1S/C20H16FN3O2S/c21-15-7-5-13(6-8-15)17(11-18(25)23-20-22-9-10-27-20)24-12-14-3-1-2-4-16(14)19(24)26/h1-10,17H,11-12H2,(H,22,23,25). The first-order valence-electron chi connectivity index (χ1n) is 8.45. The van der Waals surface area contributed by atoms with Gasteiger partial charge in [0.1, 0.15) is 5.82 Å². The number of aromatic nitrogens is 1. The molecule has 0 saturated carbocycles. The SMILES string of the molecule is O=C(CC(c1ccc(F)cc1)N1Cc2ccccc2C1=O)Nc1nccs1. The van der Waals surface area contributed by atoms with E-state index < -0.39 is 6.04 Å². The lowest BCUT2D eigenvalue weighted by molar-refractivity contribution is -0.117. The number of hydrogen-bond donors (Lipinski definition) is 1. The van der Waals surface area contributed by atoms with E-state index in [9.17, 15) is 14.0 Å². The second-order valence-corrected chi connectivity index (χ2v) is 7.14. The van der Waals surface area contributed by atoms with Gasteiger partial charge in [0.25, 0.3) is 5.91 Å². The van der Waals surface area contributed by atoms with Gasteiger partial charge < -0.3 is 10.2 Å². The normalized spacial score (nSPS) is 14.1. The Morgan fingerprint density at radius 3 is 2.70 bits per heavy atom. The highest BCUT2D eigenvalue weighted by molar-refractivity contribution is 7.13. The van der Waals surface area contributed by atoms with Gasteiger partial charge in [0.05, 0.1) is 12.5 Å². The molecule has 2 amide bonds. The number of carbonyl (C=O) groups excluding carboxylic acids is 2. The van der Waals surface area contributed by atoms with Crippen molar-refractivity contribution < 1.29 is 14.0 Å². The Labute approximate surface area is 159 Å². The van der Waals surface area contributed by atoms with Crippen molar-refractivity contribution in [1.82, 2.24) is 9.88 Å². The Morgan fingerprint density at radius 2 is 2.00 bits per heavy atom. The summed E-state index contributed by atoms with van der Waals surface area (Å²) in [6.07, 6.45) is 1.67. The molecule has 1 N–H and O–H groups in total. The number of nitrogens with one attached hydrogen (secondary N) is 1. The molecule has 0 spiro atoms. The van der Waals surface area contributed by atoms with Crippen LogP contribution < -0.4 is 5.32 Å². The fourth-order valence-corrected chi connectivity index (χ4v) is 3.80. The molecule has 3 aromatic rings. The highest BCUT2D eigenvalue weighted by Crippen LogP contribution is 2.33. The van der Waals surface area contributed by atoms with Crippen LogP contribution in [0.2, 0.25) is 0 Å². The van der Waals surface area contributed by atoms with Crippen molar-refractivity contribution in [2.75, 3.05) is 5.32 Å². The van der Waals surface area contributed by atoms with Crippen LogP contribution in [-0.4, -0.2) is 21.7 Å². The van der Waals surface area contributed by atoms with E-state index in [0.29, 0.717) is 22.8 Å². The maximum Gasteiger partial charge on any atom is 0.255 e. The largest absolute Gasteiger partial charge is 0.327 e. The summed E-state index contributed by atoms with van der Waals surface area (Å²) in [7, 11) is 0. The van der Waals surface area contributed by atoms with E-state index in [1.54, 1.807) is 34.7 Å². The van der Waals surface area contributed by atoms with Crippen molar-refractivity contribution in [3.05, 3.63) is 82.6 Å². The summed E-state index contributed by atoms with van der Waals surface area (Å²) < 4.78 is 13.4. The van der Waals surface area contributed by atoms with Crippen molar-refractivity contribution in [2.24, 2.45) is 0 Å². The number of hydrogen-bond acceptors (Lipinski definition) is 4. The zero-order valence-corrected chi connectivity index (χ0v) is 15.1. The quantitative estimate of drug-likeness (QED) is 0.726. The fourth-order valence-electron chi connectivity index (χ4n) is 3.25. The van der Waals surface area contributed by atoms with Crippen LogP contribution in [-0.2, 0) is 11.3 Å². The van der Waals surface area contributed by atoms with E-state index in [1.165, 1.54) is 23.5 Å². The summed E-state index contributed by atoms with van der Waals surface area (Å²) in [6, 6.07) is 12.8. The number of nitrogens with zero attached hydrogens (tertiary/aromatic N) is 2. The minimum atomic E-state index is -0.495. The minimum absolute atomic E-state index is 0.0605. The summed E-state index contributed by atoms with van der Waals surface area (Å²) >= 11 is 1.33. The van der Waals surface area contributed by atoms with Crippen LogP contribution in [0, 0.1) is 5.82 Å². The van der Waals surface area contributed by atoms with Crippen molar-refractivity contribution in [3.8, 4) is 0 Å². The van der Waals surface area contributed by atoms with Crippen LogP contribution in [0.5, 0.6) is 0 Å². The molecule has 5 nitrogen and oxygen atoms in total. The number of rotatable bonds is 5. The summed E-state index contributed by atoms with van der Waals surface area (Å²) in [5, 5.41) is 5.03. The molecule has 0 aliphatic carbocycles. The summed E-state index contributed by atoms with van der Waals surface area (Å²) in [6.45, 7) is 0.418. The number of anilines is 1. The van der Waals surface area contributed by atoms with E-state index in [4.69, 9.17) is 0 Å². The van der Waals surface area contributed by atoms with Crippen LogP contribution in [0.15, 0.2) is 60.1 Å². The topological polar surface area (TPSA) is 62.3 Å². The third-order valence-electron chi connectivity index (χ3n) is 4.54. The third kappa shape index (κ3) is 3.59. The molecule has 0 fully saturated rings. The second kappa shape index (κ2) is 7.28. The van der Waals surface area contributed by atoms with Gasteiger partial charge in [-0.25, -0.2) is 9.37 Å². The van der Waals surface area contributed by atoms with Gasteiger partial charge in [0.15, 0.2) is 5.13 Å². The molecule has 0 bridgehead atoms. The highest BCUT2D eigenvalue weighted by atomic mass is 32.1. The molecule has 0 saturated heterocycles. The van der Waals surface area contributed by atoms with Crippen LogP contribution in [0.25, 0.3) is 0 Å². The second-order valence-electron chi connectivity index (χ2n) is 6.25. The van der Waals surface area contributed by atoms with Gasteiger partial charge in [0.2, 0.25) is 5.91 Å². The van der Waals surface area contributed by atoms with E-state index in [-0.39, 0.29) is 24.1 Å². The molecule has 27 heavy (non-hydrogen) atoms. The summed E-state index contributed by atoms with van der Waals surface area (Å²) in [5.41, 5.74) is 2.28. The molecule has 0 radical (unpaired) electrons. The Balaban J connectivity index is 1.61. The van der Waals surface area contributed by atoms with Crippen molar-refractivity contribution in [2.45, 2.75) is 19.0 Å². The van der Waals surface area contributed by atoms with E-state index >= 15 is 0 Å². The lowest BCUT2D eigenvalue weighted by Crippen LogP contribution is -2.32. The number of fused-ring (bicyclic) bond motifs is 1. The Hall–Kier alpha value is -3.06. The molecule has 1 aromatic heterocycles. The van der Waals surface area contributed by atoms with E-state index in [0.717, 1.165) is 5.56 Å². The summed E-state index contributed by atoms with van der Waals surface area (Å²) in [5.74, 6) is -0.731. The fraction of sp³-hybridized carbons (Fsp3) is 0.150. The van der Waals surface area contributed by atoms with Gasteiger partial charge in [-0.1, -0.05) is 30.3 Å². The molecule has 1 atom stereocenters. The molecule has 136 valence electrons. The number of thiazole rings is 1. The van der Waals surface area contributed by atoms with Crippen LogP contribution in [0.4, 0.5) is 9.52 Å². The van der Waals surface area contributed by atoms with Gasteiger partial charge in [0, 0.05) is 23.7 Å². The molecule has 1 unspecified atom stereocenters. The van der Waals surface area contributed by atoms with Gasteiger partial charge in [-0.3, -0.25) is 9.59 Å². The number of carbonyl (C=O) groups is 2. The molecule has 2 aromatic carbocycles. The van der Waals surface area contributed by atoms with Crippen LogP contribution in [0.1, 0.15) is 33.9 Å². The van der Waals surface area contributed by atoms with Crippen LogP contribution in [0.3, 0.4) is 0 Å². The first kappa shape index (κ1) is 17.4. The predicted octanol–water partition coefficient (Wildman–Crippen LogP) is 4.01.